The van der Waals surface area contributed by atoms with Crippen molar-refractivity contribution in [1.82, 2.24) is 4.90 Å². The van der Waals surface area contributed by atoms with Crippen molar-refractivity contribution in [2.24, 2.45) is 0 Å². The molecule has 13 heavy (non-hydrogen) atoms. The number of hydrogen-bond acceptors (Lipinski definition) is 1. The molecule has 0 rings (SSSR count). The summed E-state index contributed by atoms with van der Waals surface area (Å²) in [6, 6.07) is 0.0594. The van der Waals surface area contributed by atoms with Gasteiger partial charge in [0.15, 0.2) is 0 Å². The van der Waals surface area contributed by atoms with E-state index in [4.69, 9.17) is 0 Å². The molecular formula is C10H16FNO. The molecule has 0 bridgehead atoms. The van der Waals surface area contributed by atoms with E-state index >= 15 is 0 Å². The van der Waals surface area contributed by atoms with Crippen LogP contribution in [0.25, 0.3) is 0 Å². The van der Waals surface area contributed by atoms with Crippen molar-refractivity contribution in [1.29, 1.82) is 0 Å². The lowest BCUT2D eigenvalue weighted by Crippen LogP contribution is -2.39. The van der Waals surface area contributed by atoms with E-state index in [0.29, 0.717) is 0 Å². The highest BCUT2D eigenvalue weighted by Gasteiger charge is 2.16. The molecule has 2 nitrogen and oxygen atoms in total. The predicted molar refractivity (Wildman–Crippen MR) is 50.9 cm³/mol. The Bertz CT molecular complexity index is 217. The van der Waals surface area contributed by atoms with Gasteiger partial charge in [-0.15, -0.1) is 0 Å². The zero-order chi connectivity index (χ0) is 10.3. The normalized spacial score (nSPS) is 11.4. The average Bonchev–Trinajstić information content (AvgIpc) is 2.13. The minimum absolute atomic E-state index is 0.0594. The molecule has 0 aromatic carbocycles. The molecule has 0 aliphatic heterocycles. The lowest BCUT2D eigenvalue weighted by Gasteiger charge is -2.25. The maximum atomic E-state index is 12.1. The number of alkyl halides is 1. The molecule has 0 aromatic rings. The number of nitrogens with zero attached hydrogens (tertiary/aromatic N) is 1. The third kappa shape index (κ3) is 3.93. The van der Waals surface area contributed by atoms with Crippen LogP contribution in [0, 0.1) is 11.8 Å². The Morgan fingerprint density at radius 3 is 2.62 bits per heavy atom. The fraction of sp³-hybridized carbons (Fsp3) is 0.700. The summed E-state index contributed by atoms with van der Waals surface area (Å²) in [5.74, 6) is 4.65. The summed E-state index contributed by atoms with van der Waals surface area (Å²) >= 11 is 0. The quantitative estimate of drug-likeness (QED) is 0.609. The van der Waals surface area contributed by atoms with Crippen LogP contribution >= 0.6 is 0 Å². The number of amides is 1. The first-order chi connectivity index (χ1) is 6.17. The van der Waals surface area contributed by atoms with E-state index in [1.165, 1.54) is 4.90 Å². The lowest BCUT2D eigenvalue weighted by atomic mass is 10.2. The number of halogens is 1. The minimum atomic E-state index is -0.512. The van der Waals surface area contributed by atoms with E-state index in [9.17, 15) is 9.18 Å². The highest BCUT2D eigenvalue weighted by atomic mass is 19.1. The fourth-order valence-corrected chi connectivity index (χ4v) is 1.01. The summed E-state index contributed by atoms with van der Waals surface area (Å²) in [4.78, 5) is 12.8. The molecule has 0 saturated heterocycles. The van der Waals surface area contributed by atoms with E-state index in [-0.39, 0.29) is 18.5 Å². The summed E-state index contributed by atoms with van der Waals surface area (Å²) in [5.41, 5.74) is 0. The lowest BCUT2D eigenvalue weighted by molar-refractivity contribution is -0.127. The van der Waals surface area contributed by atoms with Crippen LogP contribution in [0.2, 0.25) is 0 Å². The van der Waals surface area contributed by atoms with E-state index in [0.717, 1.165) is 6.42 Å². The zero-order valence-electron chi connectivity index (χ0n) is 8.43. The number of rotatable bonds is 4. The maximum Gasteiger partial charge on any atom is 0.298 e. The van der Waals surface area contributed by atoms with Crippen molar-refractivity contribution in [2.75, 3.05) is 13.2 Å². The molecule has 0 aliphatic carbocycles. The second kappa shape index (κ2) is 6.47. The largest absolute Gasteiger partial charge is 0.327 e. The first-order valence-electron chi connectivity index (χ1n) is 4.46. The van der Waals surface area contributed by atoms with E-state index in [1.807, 2.05) is 13.8 Å². The highest BCUT2D eigenvalue weighted by Crippen LogP contribution is 2.03. The Kier molecular flexibility index (Phi) is 5.96. The third-order valence-corrected chi connectivity index (χ3v) is 1.94. The van der Waals surface area contributed by atoms with Gasteiger partial charge in [-0.25, -0.2) is 4.39 Å². The molecule has 0 aromatic heterocycles. The molecule has 1 atom stereocenters. The van der Waals surface area contributed by atoms with Crippen LogP contribution in [-0.4, -0.2) is 30.1 Å². The van der Waals surface area contributed by atoms with E-state index in [1.54, 1.807) is 6.92 Å². The van der Waals surface area contributed by atoms with E-state index in [2.05, 4.69) is 11.8 Å². The highest BCUT2D eigenvalue weighted by molar-refractivity contribution is 5.93. The van der Waals surface area contributed by atoms with Gasteiger partial charge in [-0.1, -0.05) is 12.8 Å². The molecule has 0 saturated carbocycles. The van der Waals surface area contributed by atoms with Crippen molar-refractivity contribution in [3.05, 3.63) is 0 Å². The number of hydrogen-bond donors (Lipinski definition) is 0. The number of carbonyl (C=O) groups excluding carboxylic acids is 1. The topological polar surface area (TPSA) is 20.3 Å². The summed E-state index contributed by atoms with van der Waals surface area (Å²) in [6.07, 6.45) is 0.817. The van der Waals surface area contributed by atoms with Gasteiger partial charge in [-0.2, -0.15) is 0 Å². The Morgan fingerprint density at radius 1 is 1.62 bits per heavy atom. The molecule has 0 N–H and O–H groups in total. The van der Waals surface area contributed by atoms with Crippen molar-refractivity contribution >= 4 is 5.91 Å². The molecule has 1 unspecified atom stereocenters. The van der Waals surface area contributed by atoms with Gasteiger partial charge in [-0.05, 0) is 26.2 Å². The molecule has 0 spiro atoms. The second-order valence-electron chi connectivity index (χ2n) is 2.82. The first kappa shape index (κ1) is 12.0. The van der Waals surface area contributed by atoms with Crippen LogP contribution in [-0.2, 0) is 4.79 Å². The van der Waals surface area contributed by atoms with Gasteiger partial charge in [0.2, 0.25) is 0 Å². The first-order valence-corrected chi connectivity index (χ1v) is 4.46. The van der Waals surface area contributed by atoms with Crippen LogP contribution < -0.4 is 0 Å². The average molecular weight is 185 g/mol. The van der Waals surface area contributed by atoms with Crippen LogP contribution in [0.4, 0.5) is 4.39 Å². The monoisotopic (exact) mass is 185 g/mol. The van der Waals surface area contributed by atoms with Crippen LogP contribution in [0.15, 0.2) is 0 Å². The second-order valence-corrected chi connectivity index (χ2v) is 2.82. The summed E-state index contributed by atoms with van der Waals surface area (Å²) in [5, 5.41) is 0. The van der Waals surface area contributed by atoms with Crippen LogP contribution in [0.1, 0.15) is 27.2 Å². The Morgan fingerprint density at radius 2 is 2.23 bits per heavy atom. The standard InChI is InChI=1S/C10H16FNO/c1-4-6-10(13)12(8-7-11)9(3)5-2/h9H,5,7-8H2,1-3H3. The Hall–Kier alpha value is -1.04. The predicted octanol–water partition coefficient (Wildman–Crippen LogP) is 1.61. The molecular weight excluding hydrogens is 169 g/mol. The molecule has 0 aliphatic rings. The minimum Gasteiger partial charge on any atom is -0.327 e. The molecule has 0 radical (unpaired) electrons. The van der Waals surface area contributed by atoms with Gasteiger partial charge in [0.1, 0.15) is 6.67 Å². The smallest absolute Gasteiger partial charge is 0.298 e. The molecule has 1 amide bonds. The molecule has 0 heterocycles. The van der Waals surface area contributed by atoms with Gasteiger partial charge in [0.25, 0.3) is 5.91 Å². The van der Waals surface area contributed by atoms with Gasteiger partial charge < -0.3 is 4.90 Å². The SMILES string of the molecule is CC#CC(=O)N(CCF)C(C)CC. The zero-order valence-corrected chi connectivity index (χ0v) is 8.43. The maximum absolute atomic E-state index is 12.1. The van der Waals surface area contributed by atoms with Crippen LogP contribution in [0.5, 0.6) is 0 Å². The molecule has 74 valence electrons. The van der Waals surface area contributed by atoms with Gasteiger partial charge in [0, 0.05) is 6.04 Å². The van der Waals surface area contributed by atoms with Crippen molar-refractivity contribution in [2.45, 2.75) is 33.2 Å². The number of carbonyl (C=O) groups is 1. The van der Waals surface area contributed by atoms with Gasteiger partial charge >= 0.3 is 0 Å². The van der Waals surface area contributed by atoms with Crippen molar-refractivity contribution in [3.8, 4) is 11.8 Å². The van der Waals surface area contributed by atoms with Crippen LogP contribution in [0.3, 0.4) is 0 Å². The summed E-state index contributed by atoms with van der Waals surface area (Å²) in [6.45, 7) is 5.08. The van der Waals surface area contributed by atoms with Gasteiger partial charge in [0.05, 0.1) is 6.54 Å². The van der Waals surface area contributed by atoms with Crippen molar-refractivity contribution < 1.29 is 9.18 Å². The van der Waals surface area contributed by atoms with Crippen molar-refractivity contribution in [3.63, 3.8) is 0 Å². The van der Waals surface area contributed by atoms with Gasteiger partial charge in [-0.3, -0.25) is 4.79 Å². The summed E-state index contributed by atoms with van der Waals surface area (Å²) in [7, 11) is 0. The molecule has 0 fully saturated rings. The Balaban J connectivity index is 4.37. The molecule has 3 heteroatoms. The third-order valence-electron chi connectivity index (χ3n) is 1.94. The Labute approximate surface area is 79.1 Å². The summed E-state index contributed by atoms with van der Waals surface area (Å²) < 4.78 is 12.1. The van der Waals surface area contributed by atoms with E-state index < -0.39 is 6.67 Å². The fourth-order valence-electron chi connectivity index (χ4n) is 1.01.